The first-order valence-electron chi connectivity index (χ1n) is 6.87. The number of hydrogen-bond donors (Lipinski definition) is 1. The molecule has 0 saturated heterocycles. The predicted octanol–water partition coefficient (Wildman–Crippen LogP) is 4.10. The number of aryl methyl sites for hydroxylation is 2. The average molecular weight is 276 g/mol. The summed E-state index contributed by atoms with van der Waals surface area (Å²) >= 11 is 0. The van der Waals surface area contributed by atoms with Gasteiger partial charge < -0.3 is 5.32 Å². The van der Waals surface area contributed by atoms with Crippen LogP contribution in [0.4, 0.5) is 5.69 Å². The Morgan fingerprint density at radius 3 is 2.52 bits per heavy atom. The van der Waals surface area contributed by atoms with Gasteiger partial charge in [-0.05, 0) is 37.6 Å². The maximum absolute atomic E-state index is 12.4. The molecule has 3 aromatic rings. The summed E-state index contributed by atoms with van der Waals surface area (Å²) in [5.41, 5.74) is 4.38. The van der Waals surface area contributed by atoms with Gasteiger partial charge in [0.15, 0.2) is 0 Å². The SMILES string of the molecule is Cc1ccc(C(=O)Nc2c(C)ccc3cccnc23)cc1. The van der Waals surface area contributed by atoms with E-state index in [0.717, 1.165) is 27.7 Å². The Balaban J connectivity index is 1.99. The van der Waals surface area contributed by atoms with Crippen molar-refractivity contribution in [1.29, 1.82) is 0 Å². The van der Waals surface area contributed by atoms with E-state index in [0.29, 0.717) is 5.56 Å². The van der Waals surface area contributed by atoms with Gasteiger partial charge in [-0.15, -0.1) is 0 Å². The highest BCUT2D eigenvalue weighted by Crippen LogP contribution is 2.25. The summed E-state index contributed by atoms with van der Waals surface area (Å²) in [6.45, 7) is 3.97. The number of anilines is 1. The summed E-state index contributed by atoms with van der Waals surface area (Å²) in [4.78, 5) is 16.8. The zero-order chi connectivity index (χ0) is 14.8. The van der Waals surface area contributed by atoms with Crippen LogP contribution in [-0.4, -0.2) is 10.9 Å². The van der Waals surface area contributed by atoms with Gasteiger partial charge in [0.1, 0.15) is 0 Å². The molecule has 0 bridgehead atoms. The molecule has 0 spiro atoms. The molecular formula is C18H16N2O. The standard InChI is InChI=1S/C18H16N2O/c1-12-5-8-15(9-6-12)18(21)20-16-13(2)7-10-14-4-3-11-19-17(14)16/h3-11H,1-2H3,(H,20,21). The first-order chi connectivity index (χ1) is 10.1. The van der Waals surface area contributed by atoms with Gasteiger partial charge in [0.25, 0.3) is 5.91 Å². The van der Waals surface area contributed by atoms with E-state index in [-0.39, 0.29) is 5.91 Å². The van der Waals surface area contributed by atoms with Gasteiger partial charge in [0, 0.05) is 17.1 Å². The number of nitrogens with zero attached hydrogens (tertiary/aromatic N) is 1. The fraction of sp³-hybridized carbons (Fsp3) is 0.111. The fourth-order valence-electron chi connectivity index (χ4n) is 2.29. The molecule has 1 aromatic heterocycles. The minimum absolute atomic E-state index is 0.115. The van der Waals surface area contributed by atoms with Crippen molar-refractivity contribution in [3.05, 3.63) is 71.4 Å². The number of hydrogen-bond acceptors (Lipinski definition) is 2. The van der Waals surface area contributed by atoms with E-state index in [9.17, 15) is 4.79 Å². The van der Waals surface area contributed by atoms with Crippen LogP contribution in [0.5, 0.6) is 0 Å². The van der Waals surface area contributed by atoms with Crippen LogP contribution in [0.1, 0.15) is 21.5 Å². The number of carbonyl (C=O) groups is 1. The molecule has 0 aliphatic rings. The molecule has 2 aromatic carbocycles. The second kappa shape index (κ2) is 5.37. The third-order valence-corrected chi connectivity index (χ3v) is 3.54. The number of aromatic nitrogens is 1. The molecule has 21 heavy (non-hydrogen) atoms. The largest absolute Gasteiger partial charge is 0.320 e. The first-order valence-corrected chi connectivity index (χ1v) is 6.87. The zero-order valence-electron chi connectivity index (χ0n) is 12.1. The summed E-state index contributed by atoms with van der Waals surface area (Å²) in [6.07, 6.45) is 1.74. The normalized spacial score (nSPS) is 10.6. The summed E-state index contributed by atoms with van der Waals surface area (Å²) in [7, 11) is 0. The lowest BCUT2D eigenvalue weighted by atomic mass is 10.1. The fourth-order valence-corrected chi connectivity index (χ4v) is 2.29. The van der Waals surface area contributed by atoms with Gasteiger partial charge in [-0.1, -0.05) is 35.9 Å². The van der Waals surface area contributed by atoms with Gasteiger partial charge in [0.2, 0.25) is 0 Å². The second-order valence-corrected chi connectivity index (χ2v) is 5.15. The minimum Gasteiger partial charge on any atom is -0.320 e. The monoisotopic (exact) mass is 276 g/mol. The second-order valence-electron chi connectivity index (χ2n) is 5.15. The van der Waals surface area contributed by atoms with Crippen molar-refractivity contribution in [1.82, 2.24) is 4.98 Å². The lowest BCUT2D eigenvalue weighted by Gasteiger charge is -2.11. The molecule has 1 N–H and O–H groups in total. The van der Waals surface area contributed by atoms with Gasteiger partial charge in [0.05, 0.1) is 11.2 Å². The summed E-state index contributed by atoms with van der Waals surface area (Å²) in [5.74, 6) is -0.115. The third-order valence-electron chi connectivity index (χ3n) is 3.54. The van der Waals surface area contributed by atoms with Crippen LogP contribution in [0.2, 0.25) is 0 Å². The van der Waals surface area contributed by atoms with Crippen LogP contribution < -0.4 is 5.32 Å². The lowest BCUT2D eigenvalue weighted by Crippen LogP contribution is -2.13. The van der Waals surface area contributed by atoms with Crippen molar-refractivity contribution >= 4 is 22.5 Å². The Labute approximate surface area is 123 Å². The van der Waals surface area contributed by atoms with Crippen LogP contribution in [0, 0.1) is 13.8 Å². The van der Waals surface area contributed by atoms with E-state index in [4.69, 9.17) is 0 Å². The highest BCUT2D eigenvalue weighted by atomic mass is 16.1. The zero-order valence-corrected chi connectivity index (χ0v) is 12.1. The van der Waals surface area contributed by atoms with Gasteiger partial charge >= 0.3 is 0 Å². The number of pyridine rings is 1. The summed E-state index contributed by atoms with van der Waals surface area (Å²) in [6, 6.07) is 15.4. The smallest absolute Gasteiger partial charge is 0.255 e. The maximum atomic E-state index is 12.4. The number of nitrogens with one attached hydrogen (secondary N) is 1. The number of amides is 1. The van der Waals surface area contributed by atoms with Crippen LogP contribution in [0.15, 0.2) is 54.7 Å². The summed E-state index contributed by atoms with van der Waals surface area (Å²) < 4.78 is 0. The molecule has 104 valence electrons. The van der Waals surface area contributed by atoms with Crippen molar-refractivity contribution in [3.8, 4) is 0 Å². The van der Waals surface area contributed by atoms with Gasteiger partial charge in [-0.3, -0.25) is 9.78 Å². The van der Waals surface area contributed by atoms with E-state index >= 15 is 0 Å². The summed E-state index contributed by atoms with van der Waals surface area (Å²) in [5, 5.41) is 4.00. The highest BCUT2D eigenvalue weighted by molar-refractivity contribution is 6.09. The quantitative estimate of drug-likeness (QED) is 0.765. The van der Waals surface area contributed by atoms with E-state index in [2.05, 4.69) is 10.3 Å². The molecule has 0 aliphatic heterocycles. The third kappa shape index (κ3) is 2.63. The van der Waals surface area contributed by atoms with Crippen molar-refractivity contribution in [2.45, 2.75) is 13.8 Å². The molecule has 1 heterocycles. The molecule has 0 atom stereocenters. The number of carbonyl (C=O) groups excluding carboxylic acids is 1. The van der Waals surface area contributed by atoms with Crippen molar-refractivity contribution in [2.75, 3.05) is 5.32 Å². The molecule has 0 unspecified atom stereocenters. The average Bonchev–Trinajstić information content (AvgIpc) is 2.51. The molecule has 1 amide bonds. The Morgan fingerprint density at radius 1 is 1.00 bits per heavy atom. The molecular weight excluding hydrogens is 260 g/mol. The maximum Gasteiger partial charge on any atom is 0.255 e. The van der Waals surface area contributed by atoms with Gasteiger partial charge in [-0.2, -0.15) is 0 Å². The predicted molar refractivity (Wildman–Crippen MR) is 85.6 cm³/mol. The van der Waals surface area contributed by atoms with Crippen molar-refractivity contribution in [2.24, 2.45) is 0 Å². The van der Waals surface area contributed by atoms with E-state index in [1.165, 1.54) is 0 Å². The molecule has 3 nitrogen and oxygen atoms in total. The van der Waals surface area contributed by atoms with Crippen LogP contribution in [-0.2, 0) is 0 Å². The molecule has 0 fully saturated rings. The number of rotatable bonds is 2. The van der Waals surface area contributed by atoms with Crippen LogP contribution in [0.3, 0.4) is 0 Å². The lowest BCUT2D eigenvalue weighted by molar-refractivity contribution is 0.102. The van der Waals surface area contributed by atoms with Crippen molar-refractivity contribution < 1.29 is 4.79 Å². The van der Waals surface area contributed by atoms with E-state index in [1.54, 1.807) is 6.20 Å². The Morgan fingerprint density at radius 2 is 1.76 bits per heavy atom. The van der Waals surface area contributed by atoms with Gasteiger partial charge in [-0.25, -0.2) is 0 Å². The number of fused-ring (bicyclic) bond motifs is 1. The molecule has 3 rings (SSSR count). The molecule has 0 aliphatic carbocycles. The molecule has 0 saturated carbocycles. The molecule has 0 radical (unpaired) electrons. The molecule has 3 heteroatoms. The highest BCUT2D eigenvalue weighted by Gasteiger charge is 2.11. The minimum atomic E-state index is -0.115. The number of benzene rings is 2. The Hall–Kier alpha value is -2.68. The van der Waals surface area contributed by atoms with Crippen molar-refractivity contribution in [3.63, 3.8) is 0 Å². The topological polar surface area (TPSA) is 42.0 Å². The Kier molecular flexibility index (Phi) is 3.40. The Bertz CT molecular complexity index is 807. The van der Waals surface area contributed by atoms with Crippen LogP contribution >= 0.6 is 0 Å². The van der Waals surface area contributed by atoms with Crippen LogP contribution in [0.25, 0.3) is 10.9 Å². The first kappa shape index (κ1) is 13.3. The van der Waals surface area contributed by atoms with E-state index < -0.39 is 0 Å². The van der Waals surface area contributed by atoms with E-state index in [1.807, 2.05) is 62.4 Å².